The molecule has 8 nitrogen and oxygen atoms in total. The average Bonchev–Trinajstić information content (AvgIpc) is 3.43. The van der Waals surface area contributed by atoms with Crippen LogP contribution in [0.5, 0.6) is 0 Å². The number of aliphatic hydroxyl groups excluding tert-OH is 1. The molecular weight excluding hydrogens is 1020 g/mol. The number of nitrogens with one attached hydrogen (secondary N) is 1. The van der Waals surface area contributed by atoms with Crippen LogP contribution >= 0.6 is 7.82 Å². The molecule has 0 aromatic heterocycles. The molecule has 0 saturated carbocycles. The molecule has 0 spiro atoms. The van der Waals surface area contributed by atoms with Crippen LogP contribution in [0.1, 0.15) is 380 Å². The summed E-state index contributed by atoms with van der Waals surface area (Å²) in [7, 11) is 1.28. The van der Waals surface area contributed by atoms with Crippen molar-refractivity contribution in [2.45, 2.75) is 392 Å². The minimum atomic E-state index is -4.60. The summed E-state index contributed by atoms with van der Waals surface area (Å²) in [5.41, 5.74) is 0. The van der Waals surface area contributed by atoms with E-state index in [4.69, 9.17) is 9.05 Å². The largest absolute Gasteiger partial charge is 0.756 e. The lowest BCUT2D eigenvalue weighted by molar-refractivity contribution is -0.870. The number of nitrogens with zero attached hydrogens (tertiary/aromatic N) is 1. The highest BCUT2D eigenvalue weighted by atomic mass is 31.2. The third kappa shape index (κ3) is 66.4. The molecule has 3 unspecified atom stereocenters. The Balaban J connectivity index is 4.02. The van der Waals surface area contributed by atoms with E-state index in [2.05, 4.69) is 31.3 Å². The third-order valence-electron chi connectivity index (χ3n) is 16.9. The first-order valence-corrected chi connectivity index (χ1v) is 37.7. The number of allylic oxidation sites excluding steroid dienone is 3. The van der Waals surface area contributed by atoms with Gasteiger partial charge < -0.3 is 28.8 Å². The Morgan fingerprint density at radius 1 is 0.420 bits per heavy atom. The van der Waals surface area contributed by atoms with Gasteiger partial charge in [-0.1, -0.05) is 353 Å². The minimum Gasteiger partial charge on any atom is -0.756 e. The molecule has 0 aromatic carbocycles. The summed E-state index contributed by atoms with van der Waals surface area (Å²) in [6.07, 6.45) is 83.1. The zero-order valence-corrected chi connectivity index (χ0v) is 56.2. The van der Waals surface area contributed by atoms with Gasteiger partial charge in [-0.25, -0.2) is 0 Å². The van der Waals surface area contributed by atoms with Crippen LogP contribution in [0.4, 0.5) is 0 Å². The molecule has 0 radical (unpaired) electrons. The molecule has 9 heteroatoms. The van der Waals surface area contributed by atoms with Gasteiger partial charge in [0.15, 0.2) is 0 Å². The fourth-order valence-corrected chi connectivity index (χ4v) is 12.0. The highest BCUT2D eigenvalue weighted by Gasteiger charge is 2.23. The Labute approximate surface area is 506 Å². The lowest BCUT2D eigenvalue weighted by atomic mass is 10.0. The van der Waals surface area contributed by atoms with Crippen LogP contribution in [-0.4, -0.2) is 68.5 Å². The molecule has 0 aromatic rings. The standard InChI is InChI=1S/C72H143N2O6P/c1-6-8-10-12-14-16-18-20-22-24-26-28-30-32-34-35-36-37-38-40-41-43-45-47-49-51-53-55-57-59-61-63-65-71(75)70(69-80-81(77,78)79-68-67-74(3,4)5)73-72(76)66-64-62-60-58-56-54-52-50-48-46-44-42-39-33-31-29-27-25-23-21-19-17-15-13-11-9-7-2/h25,27,63,65,70-71,75H,6-24,26,28-62,64,66-69H2,1-5H3,(H-,73,76,77,78)/b27-25-,65-63+. The lowest BCUT2D eigenvalue weighted by Crippen LogP contribution is -2.45. The number of hydrogen-bond acceptors (Lipinski definition) is 6. The predicted molar refractivity (Wildman–Crippen MR) is 353 cm³/mol. The monoisotopic (exact) mass is 1160 g/mol. The van der Waals surface area contributed by atoms with Crippen LogP contribution in [0.15, 0.2) is 24.3 Å². The van der Waals surface area contributed by atoms with Gasteiger partial charge in [-0.15, -0.1) is 0 Å². The van der Waals surface area contributed by atoms with E-state index >= 15 is 0 Å². The van der Waals surface area contributed by atoms with Crippen molar-refractivity contribution in [3.05, 3.63) is 24.3 Å². The van der Waals surface area contributed by atoms with E-state index in [-0.39, 0.29) is 19.1 Å². The first-order chi connectivity index (χ1) is 39.5. The van der Waals surface area contributed by atoms with Gasteiger partial charge in [-0.3, -0.25) is 9.36 Å². The second kappa shape index (κ2) is 63.5. The normalized spacial score (nSPS) is 13.7. The number of hydrogen-bond donors (Lipinski definition) is 2. The average molecular weight is 1160 g/mol. The molecule has 2 N–H and O–H groups in total. The predicted octanol–water partition coefficient (Wildman–Crippen LogP) is 22.4. The molecule has 0 heterocycles. The number of carbonyl (C=O) groups is 1. The quantitative estimate of drug-likeness (QED) is 0.0272. The molecule has 0 rings (SSSR count). The van der Waals surface area contributed by atoms with Crippen molar-refractivity contribution in [3.8, 4) is 0 Å². The highest BCUT2D eigenvalue weighted by Crippen LogP contribution is 2.38. The zero-order valence-electron chi connectivity index (χ0n) is 55.3. The van der Waals surface area contributed by atoms with E-state index in [9.17, 15) is 19.4 Å². The van der Waals surface area contributed by atoms with Crippen molar-refractivity contribution in [1.29, 1.82) is 0 Å². The third-order valence-corrected chi connectivity index (χ3v) is 17.9. The van der Waals surface area contributed by atoms with E-state index in [1.54, 1.807) is 6.08 Å². The SMILES string of the molecule is CCCCCCCCCC/C=C\CCCCCCCCCCCCCCCCCC(=O)NC(COP(=O)([O-])OCC[N+](C)(C)C)C(O)/C=C/CCCCCCCCCCCCCCCCCCCCCCCCCCCCCCCC. The van der Waals surface area contributed by atoms with Gasteiger partial charge >= 0.3 is 0 Å². The Morgan fingerprint density at radius 2 is 0.679 bits per heavy atom. The molecular formula is C72H143N2O6P. The zero-order chi connectivity index (χ0) is 59.1. The molecule has 0 fully saturated rings. The smallest absolute Gasteiger partial charge is 0.268 e. The van der Waals surface area contributed by atoms with Crippen molar-refractivity contribution >= 4 is 13.7 Å². The maximum atomic E-state index is 13.0. The maximum absolute atomic E-state index is 13.0. The molecule has 0 aliphatic rings. The molecule has 0 saturated heterocycles. The number of carbonyl (C=O) groups excluding carboxylic acids is 1. The fourth-order valence-electron chi connectivity index (χ4n) is 11.3. The number of rotatable bonds is 68. The Bertz CT molecular complexity index is 1370. The van der Waals surface area contributed by atoms with Gasteiger partial charge in [-0.05, 0) is 44.9 Å². The van der Waals surface area contributed by atoms with Gasteiger partial charge in [0.2, 0.25) is 5.91 Å². The van der Waals surface area contributed by atoms with Gasteiger partial charge in [0.25, 0.3) is 7.82 Å². The molecule has 0 bridgehead atoms. The number of amides is 1. The van der Waals surface area contributed by atoms with Crippen molar-refractivity contribution in [2.75, 3.05) is 40.9 Å². The number of aliphatic hydroxyl groups is 1. The minimum absolute atomic E-state index is 0.00164. The van der Waals surface area contributed by atoms with E-state index < -0.39 is 20.0 Å². The topological polar surface area (TPSA) is 108 Å². The number of phosphoric acid groups is 1. The molecule has 3 atom stereocenters. The molecule has 81 heavy (non-hydrogen) atoms. The summed E-state index contributed by atoms with van der Waals surface area (Å²) in [4.78, 5) is 25.6. The Morgan fingerprint density at radius 3 is 0.963 bits per heavy atom. The van der Waals surface area contributed by atoms with Gasteiger partial charge in [0.1, 0.15) is 13.2 Å². The summed E-state index contributed by atoms with van der Waals surface area (Å²) in [5, 5.41) is 14.0. The maximum Gasteiger partial charge on any atom is 0.268 e. The van der Waals surface area contributed by atoms with Crippen molar-refractivity contribution in [1.82, 2.24) is 5.32 Å². The number of quaternary nitrogens is 1. The summed E-state index contributed by atoms with van der Waals surface area (Å²) < 4.78 is 23.5. The van der Waals surface area contributed by atoms with E-state index in [1.807, 2.05) is 27.2 Å². The van der Waals surface area contributed by atoms with Crippen molar-refractivity contribution in [2.24, 2.45) is 0 Å². The summed E-state index contributed by atoms with van der Waals surface area (Å²) in [6.45, 7) is 4.72. The van der Waals surface area contributed by atoms with Crippen LogP contribution in [-0.2, 0) is 18.4 Å². The van der Waals surface area contributed by atoms with E-state index in [0.29, 0.717) is 17.4 Å². The second-order valence-electron chi connectivity index (χ2n) is 26.3. The Hall–Kier alpha value is -1.02. The lowest BCUT2D eigenvalue weighted by Gasteiger charge is -2.29. The highest BCUT2D eigenvalue weighted by molar-refractivity contribution is 7.45. The number of likely N-dealkylation sites (N-methyl/N-ethyl adjacent to an activating group) is 1. The van der Waals surface area contributed by atoms with Gasteiger partial charge in [-0.2, -0.15) is 0 Å². The van der Waals surface area contributed by atoms with Crippen LogP contribution in [0, 0.1) is 0 Å². The molecule has 0 aliphatic heterocycles. The fraction of sp³-hybridized carbons (Fsp3) is 0.931. The molecule has 482 valence electrons. The van der Waals surface area contributed by atoms with Crippen LogP contribution in [0.2, 0.25) is 0 Å². The summed E-state index contributed by atoms with van der Waals surface area (Å²) >= 11 is 0. The van der Waals surface area contributed by atoms with E-state index in [1.165, 1.54) is 321 Å². The summed E-state index contributed by atoms with van der Waals surface area (Å²) in [6, 6.07) is -0.886. The second-order valence-corrected chi connectivity index (χ2v) is 27.7. The van der Waals surface area contributed by atoms with Gasteiger partial charge in [0, 0.05) is 6.42 Å². The van der Waals surface area contributed by atoms with Gasteiger partial charge in [0.05, 0.1) is 39.9 Å². The van der Waals surface area contributed by atoms with Crippen LogP contribution < -0.4 is 10.2 Å². The first kappa shape index (κ1) is 80.0. The van der Waals surface area contributed by atoms with Crippen molar-refractivity contribution in [3.63, 3.8) is 0 Å². The van der Waals surface area contributed by atoms with E-state index in [0.717, 1.165) is 38.5 Å². The van der Waals surface area contributed by atoms with Crippen LogP contribution in [0.25, 0.3) is 0 Å². The number of phosphoric ester groups is 1. The Kier molecular flexibility index (Phi) is 62.7. The number of unbranched alkanes of at least 4 members (excludes halogenated alkanes) is 53. The van der Waals surface area contributed by atoms with Crippen LogP contribution in [0.3, 0.4) is 0 Å². The molecule has 1 amide bonds. The summed E-state index contributed by atoms with van der Waals surface area (Å²) in [5.74, 6) is -0.189. The first-order valence-electron chi connectivity index (χ1n) is 36.2. The van der Waals surface area contributed by atoms with Crippen molar-refractivity contribution < 1.29 is 32.9 Å². The molecule has 0 aliphatic carbocycles.